The molecular weight excluding hydrogens is 298 g/mol. The number of nitro groups is 1. The lowest BCUT2D eigenvalue weighted by Gasteiger charge is -2.37. The van der Waals surface area contributed by atoms with Gasteiger partial charge in [0, 0.05) is 57.2 Å². The van der Waals surface area contributed by atoms with Crippen molar-refractivity contribution in [1.82, 2.24) is 4.90 Å². The Balaban J connectivity index is 1.59. The van der Waals surface area contributed by atoms with E-state index in [1.807, 2.05) is 0 Å². The molecule has 2 fully saturated rings. The van der Waals surface area contributed by atoms with Crippen molar-refractivity contribution in [3.05, 3.63) is 28.3 Å². The minimum atomic E-state index is -0.415. The van der Waals surface area contributed by atoms with E-state index in [9.17, 15) is 10.1 Å². The van der Waals surface area contributed by atoms with Crippen molar-refractivity contribution in [1.29, 1.82) is 0 Å². The quantitative estimate of drug-likeness (QED) is 0.609. The van der Waals surface area contributed by atoms with E-state index in [0.29, 0.717) is 11.9 Å². The molecule has 2 aliphatic heterocycles. The molecule has 0 saturated carbocycles. The van der Waals surface area contributed by atoms with Crippen molar-refractivity contribution in [2.24, 2.45) is 0 Å². The molecular formula is C16H23N3O4. The van der Waals surface area contributed by atoms with Crippen LogP contribution in [0.1, 0.15) is 12.8 Å². The average Bonchev–Trinajstić information content (AvgIpc) is 3.08. The van der Waals surface area contributed by atoms with E-state index in [-0.39, 0.29) is 5.69 Å². The van der Waals surface area contributed by atoms with Gasteiger partial charge in [0.1, 0.15) is 0 Å². The van der Waals surface area contributed by atoms with Crippen LogP contribution >= 0.6 is 0 Å². The van der Waals surface area contributed by atoms with Gasteiger partial charge >= 0.3 is 5.69 Å². The molecule has 7 nitrogen and oxygen atoms in total. The molecule has 0 amide bonds. The van der Waals surface area contributed by atoms with Crippen LogP contribution in [-0.4, -0.2) is 62.4 Å². The van der Waals surface area contributed by atoms with Crippen molar-refractivity contribution < 1.29 is 14.4 Å². The molecule has 0 aromatic heterocycles. The molecule has 1 aromatic rings. The molecule has 1 aromatic carbocycles. The van der Waals surface area contributed by atoms with Crippen molar-refractivity contribution in [2.75, 3.05) is 51.3 Å². The van der Waals surface area contributed by atoms with Crippen LogP contribution < -0.4 is 9.64 Å². The Labute approximate surface area is 135 Å². The molecule has 0 aliphatic carbocycles. The van der Waals surface area contributed by atoms with Gasteiger partial charge in [-0.05, 0) is 18.9 Å². The van der Waals surface area contributed by atoms with E-state index in [1.54, 1.807) is 12.1 Å². The molecule has 2 aliphatic rings. The van der Waals surface area contributed by atoms with Crippen LogP contribution in [0.5, 0.6) is 5.75 Å². The SMILES string of the molecule is COc1cc(N2CCN(C[C@@H]3CCCO3)CC2)ccc1[N+](=O)[O-]. The summed E-state index contributed by atoms with van der Waals surface area (Å²) >= 11 is 0. The van der Waals surface area contributed by atoms with Gasteiger partial charge < -0.3 is 14.4 Å². The van der Waals surface area contributed by atoms with Gasteiger partial charge in [-0.2, -0.15) is 0 Å². The lowest BCUT2D eigenvalue weighted by atomic mass is 10.2. The predicted octanol–water partition coefficient (Wildman–Crippen LogP) is 1.90. The van der Waals surface area contributed by atoms with Gasteiger partial charge in [0.15, 0.2) is 5.75 Å². The van der Waals surface area contributed by atoms with Gasteiger partial charge in [0.25, 0.3) is 0 Å². The zero-order valence-corrected chi connectivity index (χ0v) is 13.4. The van der Waals surface area contributed by atoms with Crippen LogP contribution in [0.15, 0.2) is 18.2 Å². The lowest BCUT2D eigenvalue weighted by molar-refractivity contribution is -0.385. The Morgan fingerprint density at radius 1 is 1.35 bits per heavy atom. The Hall–Kier alpha value is -1.86. The fourth-order valence-electron chi connectivity index (χ4n) is 3.28. The second kappa shape index (κ2) is 7.14. The van der Waals surface area contributed by atoms with Crippen molar-refractivity contribution in [2.45, 2.75) is 18.9 Å². The fourth-order valence-corrected chi connectivity index (χ4v) is 3.28. The zero-order valence-electron chi connectivity index (χ0n) is 13.4. The average molecular weight is 321 g/mol. The van der Waals surface area contributed by atoms with E-state index in [0.717, 1.165) is 45.0 Å². The maximum absolute atomic E-state index is 11.0. The summed E-state index contributed by atoms with van der Waals surface area (Å²) in [6.45, 7) is 5.70. The third kappa shape index (κ3) is 3.73. The first-order valence-electron chi connectivity index (χ1n) is 8.08. The highest BCUT2D eigenvalue weighted by Crippen LogP contribution is 2.31. The fraction of sp³-hybridized carbons (Fsp3) is 0.625. The number of ether oxygens (including phenoxy) is 2. The van der Waals surface area contributed by atoms with Gasteiger partial charge in [-0.1, -0.05) is 0 Å². The van der Waals surface area contributed by atoms with E-state index in [2.05, 4.69) is 9.80 Å². The molecule has 0 unspecified atom stereocenters. The molecule has 2 saturated heterocycles. The first-order chi connectivity index (χ1) is 11.2. The summed E-state index contributed by atoms with van der Waals surface area (Å²) in [5.74, 6) is 0.314. The minimum Gasteiger partial charge on any atom is -0.490 e. The van der Waals surface area contributed by atoms with Crippen LogP contribution in [0.4, 0.5) is 11.4 Å². The molecule has 23 heavy (non-hydrogen) atoms. The normalized spacial score (nSPS) is 22.3. The number of methoxy groups -OCH3 is 1. The van der Waals surface area contributed by atoms with Gasteiger partial charge in [0.2, 0.25) is 0 Å². The van der Waals surface area contributed by atoms with E-state index in [4.69, 9.17) is 9.47 Å². The van der Waals surface area contributed by atoms with Crippen LogP contribution in [0.25, 0.3) is 0 Å². The second-order valence-corrected chi connectivity index (χ2v) is 6.04. The van der Waals surface area contributed by atoms with E-state index in [1.165, 1.54) is 26.0 Å². The monoisotopic (exact) mass is 321 g/mol. The number of anilines is 1. The number of hydrogen-bond donors (Lipinski definition) is 0. The lowest BCUT2D eigenvalue weighted by Crippen LogP contribution is -2.48. The van der Waals surface area contributed by atoms with Gasteiger partial charge in [-0.25, -0.2) is 0 Å². The summed E-state index contributed by atoms with van der Waals surface area (Å²) in [5, 5.41) is 11.0. The standard InChI is InChI=1S/C16H23N3O4/c1-22-16-11-13(4-5-15(16)19(20)21)18-8-6-17(7-9-18)12-14-3-2-10-23-14/h4-5,11,14H,2-3,6-10,12H2,1H3/t14-/m0/s1. The van der Waals surface area contributed by atoms with Crippen molar-refractivity contribution in [3.63, 3.8) is 0 Å². The first kappa shape index (κ1) is 16.0. The third-order valence-corrected chi connectivity index (χ3v) is 4.58. The Morgan fingerprint density at radius 2 is 2.13 bits per heavy atom. The summed E-state index contributed by atoms with van der Waals surface area (Å²) in [5.41, 5.74) is 0.984. The maximum atomic E-state index is 11.0. The smallest absolute Gasteiger partial charge is 0.311 e. The number of nitrogens with zero attached hydrogens (tertiary/aromatic N) is 3. The Morgan fingerprint density at radius 3 is 2.74 bits per heavy atom. The number of hydrogen-bond acceptors (Lipinski definition) is 6. The van der Waals surface area contributed by atoms with Crippen LogP contribution in [0.2, 0.25) is 0 Å². The molecule has 1 atom stereocenters. The molecule has 2 heterocycles. The summed E-state index contributed by atoms with van der Waals surface area (Å²) in [6.07, 6.45) is 2.73. The number of nitro benzene ring substituents is 1. The summed E-state index contributed by atoms with van der Waals surface area (Å²) in [4.78, 5) is 15.2. The number of piperazine rings is 1. The van der Waals surface area contributed by atoms with E-state index >= 15 is 0 Å². The molecule has 0 radical (unpaired) electrons. The largest absolute Gasteiger partial charge is 0.490 e. The molecule has 0 spiro atoms. The topological polar surface area (TPSA) is 68.1 Å². The molecule has 3 rings (SSSR count). The molecule has 7 heteroatoms. The molecule has 0 bridgehead atoms. The van der Waals surface area contributed by atoms with Crippen LogP contribution in [0.3, 0.4) is 0 Å². The Bertz CT molecular complexity index is 552. The number of benzene rings is 1. The van der Waals surface area contributed by atoms with Gasteiger partial charge in [-0.15, -0.1) is 0 Å². The molecule has 126 valence electrons. The highest BCUT2D eigenvalue weighted by atomic mass is 16.6. The highest BCUT2D eigenvalue weighted by molar-refractivity contribution is 5.59. The van der Waals surface area contributed by atoms with Crippen molar-refractivity contribution >= 4 is 11.4 Å². The maximum Gasteiger partial charge on any atom is 0.311 e. The summed E-state index contributed by atoms with van der Waals surface area (Å²) < 4.78 is 10.9. The van der Waals surface area contributed by atoms with Gasteiger partial charge in [0.05, 0.1) is 18.1 Å². The van der Waals surface area contributed by atoms with E-state index < -0.39 is 4.92 Å². The van der Waals surface area contributed by atoms with Crippen LogP contribution in [-0.2, 0) is 4.74 Å². The Kier molecular flexibility index (Phi) is 4.97. The van der Waals surface area contributed by atoms with Crippen molar-refractivity contribution in [3.8, 4) is 5.75 Å². The second-order valence-electron chi connectivity index (χ2n) is 6.04. The predicted molar refractivity (Wildman–Crippen MR) is 87.3 cm³/mol. The highest BCUT2D eigenvalue weighted by Gasteiger charge is 2.24. The molecule has 0 N–H and O–H groups in total. The minimum absolute atomic E-state index is 0.00766. The summed E-state index contributed by atoms with van der Waals surface area (Å²) in [7, 11) is 1.46. The number of rotatable bonds is 5. The van der Waals surface area contributed by atoms with Gasteiger partial charge in [-0.3, -0.25) is 15.0 Å². The third-order valence-electron chi connectivity index (χ3n) is 4.58. The van der Waals surface area contributed by atoms with Crippen LogP contribution in [0, 0.1) is 10.1 Å². The zero-order chi connectivity index (χ0) is 16.2. The first-order valence-corrected chi connectivity index (χ1v) is 8.08. The summed E-state index contributed by atoms with van der Waals surface area (Å²) in [6, 6.07) is 5.08.